The van der Waals surface area contributed by atoms with E-state index in [1.807, 2.05) is 6.07 Å². The Morgan fingerprint density at radius 3 is 2.10 bits per heavy atom. The van der Waals surface area contributed by atoms with Crippen LogP contribution in [0.4, 0.5) is 0 Å². The van der Waals surface area contributed by atoms with Crippen LogP contribution >= 0.6 is 7.82 Å². The molecule has 112 valence electrons. The number of hydrogen-bond acceptors (Lipinski definition) is 5. The van der Waals surface area contributed by atoms with Crippen molar-refractivity contribution in [2.75, 3.05) is 13.2 Å². The van der Waals surface area contributed by atoms with Gasteiger partial charge in [0.1, 0.15) is 6.10 Å². The van der Waals surface area contributed by atoms with Gasteiger partial charge in [0, 0.05) is 5.56 Å². The quantitative estimate of drug-likeness (QED) is 0.512. The number of rotatable bonds is 9. The Morgan fingerprint density at radius 2 is 1.65 bits per heavy atom. The van der Waals surface area contributed by atoms with Gasteiger partial charge in [-0.25, -0.2) is 4.57 Å². The van der Waals surface area contributed by atoms with E-state index in [4.69, 9.17) is 13.6 Å². The van der Waals surface area contributed by atoms with Crippen molar-refractivity contribution in [1.29, 1.82) is 0 Å². The highest BCUT2D eigenvalue weighted by molar-refractivity contribution is 7.48. The van der Waals surface area contributed by atoms with Gasteiger partial charge in [0.15, 0.2) is 5.78 Å². The first-order valence-electron chi connectivity index (χ1n) is 6.73. The zero-order chi connectivity index (χ0) is 15.0. The molecule has 1 aromatic carbocycles. The van der Waals surface area contributed by atoms with Crippen molar-refractivity contribution in [3.05, 3.63) is 35.9 Å². The average Bonchev–Trinajstić information content (AvgIpc) is 2.45. The number of hydrogen-bond donors (Lipinski definition) is 0. The van der Waals surface area contributed by atoms with Crippen molar-refractivity contribution in [3.63, 3.8) is 0 Å². The molecule has 0 fully saturated rings. The maximum Gasteiger partial charge on any atom is 0.475 e. The molecule has 0 amide bonds. The molecule has 6 heteroatoms. The zero-order valence-corrected chi connectivity index (χ0v) is 13.0. The summed E-state index contributed by atoms with van der Waals surface area (Å²) in [5.74, 6) is -0.229. The molecule has 1 rings (SSSR count). The van der Waals surface area contributed by atoms with Gasteiger partial charge in [-0.3, -0.25) is 18.4 Å². The first-order chi connectivity index (χ1) is 9.56. The van der Waals surface area contributed by atoms with E-state index in [-0.39, 0.29) is 19.0 Å². The number of carbonyl (C=O) groups is 1. The Bertz CT molecular complexity index is 450. The Kier molecular flexibility index (Phi) is 7.10. The Balaban J connectivity index is 2.85. The SMILES string of the molecule is CCOP(=O)(OCC)OC(CC)C(=O)c1ccccc1. The molecule has 0 heterocycles. The van der Waals surface area contributed by atoms with Gasteiger partial charge >= 0.3 is 7.82 Å². The number of ketones is 1. The topological polar surface area (TPSA) is 61.8 Å². The number of phosphoric acid groups is 1. The van der Waals surface area contributed by atoms with Crippen LogP contribution in [0.2, 0.25) is 0 Å². The maximum absolute atomic E-state index is 12.3. The van der Waals surface area contributed by atoms with Crippen LogP contribution in [0.5, 0.6) is 0 Å². The van der Waals surface area contributed by atoms with E-state index in [1.54, 1.807) is 45.0 Å². The molecule has 0 bridgehead atoms. The summed E-state index contributed by atoms with van der Waals surface area (Å²) in [6.07, 6.45) is -0.459. The molecule has 0 saturated heterocycles. The van der Waals surface area contributed by atoms with Crippen molar-refractivity contribution < 1.29 is 22.9 Å². The lowest BCUT2D eigenvalue weighted by Crippen LogP contribution is -2.23. The van der Waals surface area contributed by atoms with Crippen LogP contribution in [0.1, 0.15) is 37.6 Å². The summed E-state index contributed by atoms with van der Waals surface area (Å²) in [5.41, 5.74) is 0.513. The minimum atomic E-state index is -3.69. The smallest absolute Gasteiger partial charge is 0.291 e. The highest BCUT2D eigenvalue weighted by atomic mass is 31.2. The van der Waals surface area contributed by atoms with Gasteiger partial charge in [0.05, 0.1) is 13.2 Å². The predicted octanol–water partition coefficient (Wildman–Crippen LogP) is 3.85. The lowest BCUT2D eigenvalue weighted by atomic mass is 10.1. The van der Waals surface area contributed by atoms with Gasteiger partial charge in [-0.05, 0) is 20.3 Å². The van der Waals surface area contributed by atoms with Crippen LogP contribution in [0, 0.1) is 0 Å². The number of phosphoric ester groups is 1. The first-order valence-corrected chi connectivity index (χ1v) is 8.19. The summed E-state index contributed by atoms with van der Waals surface area (Å²) in [6, 6.07) is 8.75. The average molecular weight is 300 g/mol. The molecule has 0 aliphatic heterocycles. The van der Waals surface area contributed by atoms with Crippen molar-refractivity contribution in [2.24, 2.45) is 0 Å². The molecule has 1 atom stereocenters. The van der Waals surface area contributed by atoms with Gasteiger partial charge < -0.3 is 0 Å². The van der Waals surface area contributed by atoms with Crippen LogP contribution < -0.4 is 0 Å². The van der Waals surface area contributed by atoms with Gasteiger partial charge in [-0.1, -0.05) is 37.3 Å². The standard InChI is InChI=1S/C14H21O5P/c1-4-13(14(15)12-10-8-7-9-11-12)19-20(16,17-5-2)18-6-3/h7-11,13H,4-6H2,1-3H3. The lowest BCUT2D eigenvalue weighted by molar-refractivity contribution is 0.0587. The van der Waals surface area contributed by atoms with Gasteiger partial charge in [-0.2, -0.15) is 0 Å². The monoisotopic (exact) mass is 300 g/mol. The molecule has 0 radical (unpaired) electrons. The lowest BCUT2D eigenvalue weighted by Gasteiger charge is -2.21. The number of benzene rings is 1. The van der Waals surface area contributed by atoms with E-state index >= 15 is 0 Å². The molecule has 20 heavy (non-hydrogen) atoms. The van der Waals surface area contributed by atoms with E-state index in [9.17, 15) is 9.36 Å². The third-order valence-corrected chi connectivity index (χ3v) is 4.21. The second kappa shape index (κ2) is 8.32. The normalized spacial score (nSPS) is 13.2. The molecule has 0 aliphatic rings. The fourth-order valence-corrected chi connectivity index (χ4v) is 3.05. The predicted molar refractivity (Wildman–Crippen MR) is 76.8 cm³/mol. The highest BCUT2D eigenvalue weighted by Crippen LogP contribution is 2.50. The molecule has 5 nitrogen and oxygen atoms in total. The second-order valence-electron chi connectivity index (χ2n) is 4.02. The third kappa shape index (κ3) is 4.84. The molecule has 1 unspecified atom stereocenters. The fourth-order valence-electron chi connectivity index (χ4n) is 1.67. The van der Waals surface area contributed by atoms with Gasteiger partial charge in [0.25, 0.3) is 0 Å². The molecule has 1 aromatic rings. The Hall–Kier alpha value is -1.00. The number of Topliss-reactive ketones (excluding diaryl/α,β-unsaturated/α-hetero) is 1. The van der Waals surface area contributed by atoms with E-state index in [0.717, 1.165) is 0 Å². The van der Waals surface area contributed by atoms with E-state index in [0.29, 0.717) is 12.0 Å². The molecule has 0 saturated carbocycles. The molecule has 0 spiro atoms. The van der Waals surface area contributed by atoms with Crippen molar-refractivity contribution in [2.45, 2.75) is 33.3 Å². The summed E-state index contributed by atoms with van der Waals surface area (Å²) in [4.78, 5) is 12.3. The van der Waals surface area contributed by atoms with Crippen molar-refractivity contribution in [3.8, 4) is 0 Å². The van der Waals surface area contributed by atoms with E-state index in [1.165, 1.54) is 0 Å². The summed E-state index contributed by atoms with van der Waals surface area (Å²) in [6.45, 7) is 5.54. The summed E-state index contributed by atoms with van der Waals surface area (Å²) < 4.78 is 27.7. The Labute approximate surface area is 119 Å². The Morgan fingerprint density at radius 1 is 1.10 bits per heavy atom. The van der Waals surface area contributed by atoms with Crippen LogP contribution in [0.25, 0.3) is 0 Å². The third-order valence-electron chi connectivity index (χ3n) is 2.55. The molecule has 0 N–H and O–H groups in total. The summed E-state index contributed by atoms with van der Waals surface area (Å²) in [5, 5.41) is 0. The van der Waals surface area contributed by atoms with Crippen LogP contribution in [0.15, 0.2) is 30.3 Å². The van der Waals surface area contributed by atoms with Crippen molar-refractivity contribution in [1.82, 2.24) is 0 Å². The fraction of sp³-hybridized carbons (Fsp3) is 0.500. The molecule has 0 aromatic heterocycles. The second-order valence-corrected chi connectivity index (χ2v) is 5.64. The van der Waals surface area contributed by atoms with Crippen LogP contribution in [0.3, 0.4) is 0 Å². The molecular weight excluding hydrogens is 279 g/mol. The highest BCUT2D eigenvalue weighted by Gasteiger charge is 2.33. The van der Waals surface area contributed by atoms with Gasteiger partial charge in [-0.15, -0.1) is 0 Å². The van der Waals surface area contributed by atoms with E-state index < -0.39 is 13.9 Å². The molecular formula is C14H21O5P. The van der Waals surface area contributed by atoms with Crippen LogP contribution in [-0.4, -0.2) is 25.1 Å². The van der Waals surface area contributed by atoms with Crippen LogP contribution in [-0.2, 0) is 18.1 Å². The summed E-state index contributed by atoms with van der Waals surface area (Å²) >= 11 is 0. The van der Waals surface area contributed by atoms with Gasteiger partial charge in [0.2, 0.25) is 0 Å². The zero-order valence-electron chi connectivity index (χ0n) is 12.1. The maximum atomic E-state index is 12.3. The summed E-state index contributed by atoms with van der Waals surface area (Å²) in [7, 11) is -3.69. The number of carbonyl (C=O) groups excluding carboxylic acids is 1. The van der Waals surface area contributed by atoms with E-state index in [2.05, 4.69) is 0 Å². The minimum Gasteiger partial charge on any atom is -0.291 e. The first kappa shape index (κ1) is 17.1. The minimum absolute atomic E-state index is 0.188. The largest absolute Gasteiger partial charge is 0.475 e. The van der Waals surface area contributed by atoms with Crippen molar-refractivity contribution >= 4 is 13.6 Å². The molecule has 0 aliphatic carbocycles.